The van der Waals surface area contributed by atoms with Crippen molar-refractivity contribution in [2.24, 2.45) is 0 Å². The average Bonchev–Trinajstić information content (AvgIpc) is 3.62. The molecule has 2 aliphatic rings. The molecule has 6 atom stereocenters. The van der Waals surface area contributed by atoms with Crippen molar-refractivity contribution in [3.05, 3.63) is 48.5 Å². The van der Waals surface area contributed by atoms with E-state index < -0.39 is 69.6 Å². The predicted molar refractivity (Wildman–Crippen MR) is 132 cm³/mol. The standard InChI is InChI=1S/C23H27N6O9P/c1-2-24-23(32)28-19-16-20(26-11-25-19)29(12-27-16)21-18-17(37-22(38-18)13-6-4-3-5-7-13)14(36-21)10-35-39(33,34)9-8-15(30)31/h3-7,11-12,14,17-18,21-22H,2,8-10H2,1H3,(H,30,31)(H,33,34)(H2,24,25,26,28,32)/p-1/t14-,17?,18+,21-,22+/m1/s1. The Morgan fingerprint density at radius 1 is 1.15 bits per heavy atom. The zero-order valence-electron chi connectivity index (χ0n) is 20.7. The van der Waals surface area contributed by atoms with Gasteiger partial charge in [-0.1, -0.05) is 30.3 Å². The number of aromatic nitrogens is 4. The molecule has 0 spiro atoms. The Morgan fingerprint density at radius 2 is 1.92 bits per heavy atom. The van der Waals surface area contributed by atoms with Gasteiger partial charge in [0.25, 0.3) is 0 Å². The van der Waals surface area contributed by atoms with Crippen LogP contribution in [0.1, 0.15) is 31.4 Å². The van der Waals surface area contributed by atoms with Gasteiger partial charge in [0.2, 0.25) is 0 Å². The largest absolute Gasteiger partial charge is 0.778 e. The molecule has 2 aliphatic heterocycles. The number of carbonyl (C=O) groups is 2. The number of imidazole rings is 1. The number of urea groups is 1. The molecule has 15 nitrogen and oxygen atoms in total. The summed E-state index contributed by atoms with van der Waals surface area (Å²) in [7, 11) is -4.45. The number of carboxylic acids is 1. The van der Waals surface area contributed by atoms with Crippen molar-refractivity contribution in [2.45, 2.75) is 44.2 Å². The number of hydrogen-bond acceptors (Lipinski definition) is 11. The molecule has 0 aliphatic carbocycles. The summed E-state index contributed by atoms with van der Waals surface area (Å²) >= 11 is 0. The van der Waals surface area contributed by atoms with E-state index in [1.165, 1.54) is 12.7 Å². The van der Waals surface area contributed by atoms with E-state index in [1.807, 2.05) is 30.3 Å². The maximum absolute atomic E-state index is 12.3. The monoisotopic (exact) mass is 561 g/mol. The van der Waals surface area contributed by atoms with Crippen LogP contribution in [0.25, 0.3) is 11.2 Å². The van der Waals surface area contributed by atoms with Crippen molar-refractivity contribution in [1.29, 1.82) is 0 Å². The highest BCUT2D eigenvalue weighted by molar-refractivity contribution is 7.51. The van der Waals surface area contributed by atoms with Crippen molar-refractivity contribution in [3.8, 4) is 0 Å². The summed E-state index contributed by atoms with van der Waals surface area (Å²) in [5, 5.41) is 14.1. The molecule has 2 saturated heterocycles. The molecule has 208 valence electrons. The van der Waals surface area contributed by atoms with Crippen molar-refractivity contribution in [2.75, 3.05) is 24.6 Å². The summed E-state index contributed by atoms with van der Waals surface area (Å²) in [6, 6.07) is 8.75. The molecule has 0 saturated carbocycles. The third-order valence-electron chi connectivity index (χ3n) is 6.16. The van der Waals surface area contributed by atoms with Gasteiger partial charge in [0.05, 0.1) is 19.4 Å². The first-order valence-corrected chi connectivity index (χ1v) is 13.9. The lowest BCUT2D eigenvalue weighted by Crippen LogP contribution is -2.32. The van der Waals surface area contributed by atoms with Gasteiger partial charge in [-0.2, -0.15) is 0 Å². The van der Waals surface area contributed by atoms with Crippen LogP contribution < -0.4 is 15.5 Å². The lowest BCUT2D eigenvalue weighted by Gasteiger charge is -2.26. The summed E-state index contributed by atoms with van der Waals surface area (Å²) in [6.07, 6.45) is -2.42. The van der Waals surface area contributed by atoms with Crippen LogP contribution in [0.15, 0.2) is 43.0 Å². The van der Waals surface area contributed by atoms with Crippen LogP contribution in [0.3, 0.4) is 0 Å². The number of nitrogens with one attached hydrogen (secondary N) is 2. The zero-order chi connectivity index (χ0) is 27.6. The fourth-order valence-electron chi connectivity index (χ4n) is 4.39. The zero-order valence-corrected chi connectivity index (χ0v) is 21.6. The minimum absolute atomic E-state index is 0.190. The molecular weight excluding hydrogens is 535 g/mol. The lowest BCUT2D eigenvalue weighted by molar-refractivity contribution is -0.204. The molecule has 2 aromatic heterocycles. The number of carboxylic acid groups (broad SMARTS) is 1. The highest BCUT2D eigenvalue weighted by atomic mass is 31.2. The second kappa shape index (κ2) is 11.3. The molecule has 39 heavy (non-hydrogen) atoms. The fourth-order valence-corrected chi connectivity index (χ4v) is 5.35. The first-order valence-electron chi connectivity index (χ1n) is 12.2. The number of nitrogens with zero attached hydrogens (tertiary/aromatic N) is 4. The van der Waals surface area contributed by atoms with Gasteiger partial charge in [-0.25, -0.2) is 19.7 Å². The highest BCUT2D eigenvalue weighted by Crippen LogP contribution is 2.46. The van der Waals surface area contributed by atoms with Crippen LogP contribution in [-0.4, -0.2) is 74.3 Å². The molecule has 2 unspecified atom stereocenters. The van der Waals surface area contributed by atoms with Gasteiger partial charge in [0.1, 0.15) is 32.2 Å². The fraction of sp³-hybridized carbons (Fsp3) is 0.435. The molecule has 4 heterocycles. The topological polar surface area (TPSA) is 199 Å². The molecule has 16 heteroatoms. The SMILES string of the molecule is CCNC(=O)Nc1ncnc2c1ncn2[C@@H]1O[C@H](COP(=O)([O-])CCC(=O)O)C2O[C@H](c3ccccc3)O[C@@H]21. The molecule has 2 amide bonds. The highest BCUT2D eigenvalue weighted by Gasteiger charge is 2.54. The molecule has 1 aromatic carbocycles. The maximum atomic E-state index is 12.3. The van der Waals surface area contributed by atoms with Crippen LogP contribution in [-0.2, 0) is 28.1 Å². The first-order chi connectivity index (χ1) is 18.8. The number of fused-ring (bicyclic) bond motifs is 2. The van der Waals surface area contributed by atoms with Crippen LogP contribution in [0.4, 0.5) is 10.6 Å². The quantitative estimate of drug-likeness (QED) is 0.301. The predicted octanol–water partition coefficient (Wildman–Crippen LogP) is 1.39. The van der Waals surface area contributed by atoms with Gasteiger partial charge >= 0.3 is 12.0 Å². The summed E-state index contributed by atoms with van der Waals surface area (Å²) in [5.74, 6) is -1.06. The van der Waals surface area contributed by atoms with Crippen molar-refractivity contribution < 1.29 is 42.9 Å². The van der Waals surface area contributed by atoms with Crippen molar-refractivity contribution in [3.63, 3.8) is 0 Å². The van der Waals surface area contributed by atoms with Crippen LogP contribution >= 0.6 is 7.60 Å². The third kappa shape index (κ3) is 5.93. The number of rotatable bonds is 10. The van der Waals surface area contributed by atoms with E-state index in [0.717, 1.165) is 5.56 Å². The molecule has 0 radical (unpaired) electrons. The van der Waals surface area contributed by atoms with Crippen LogP contribution in [0.2, 0.25) is 0 Å². The number of anilines is 1. The molecule has 3 N–H and O–H groups in total. The number of benzene rings is 1. The second-order valence-corrected chi connectivity index (χ2v) is 10.7. The minimum atomic E-state index is -4.45. The first kappa shape index (κ1) is 27.1. The Kier molecular flexibility index (Phi) is 7.88. The van der Waals surface area contributed by atoms with Gasteiger partial charge in [0, 0.05) is 18.3 Å². The average molecular weight is 561 g/mol. The maximum Gasteiger partial charge on any atom is 0.320 e. The van der Waals surface area contributed by atoms with E-state index in [0.29, 0.717) is 17.7 Å². The van der Waals surface area contributed by atoms with Gasteiger partial charge in [0.15, 0.2) is 29.5 Å². The van der Waals surface area contributed by atoms with Gasteiger partial charge < -0.3 is 38.6 Å². The van der Waals surface area contributed by atoms with Crippen LogP contribution in [0, 0.1) is 0 Å². The Bertz CT molecular complexity index is 1390. The molecule has 3 aromatic rings. The molecular formula is C23H26N6O9P-. The van der Waals surface area contributed by atoms with Crippen molar-refractivity contribution >= 4 is 36.6 Å². The summed E-state index contributed by atoms with van der Waals surface area (Å²) < 4.78 is 37.5. The van der Waals surface area contributed by atoms with Gasteiger partial charge in [-0.3, -0.25) is 14.7 Å². The van der Waals surface area contributed by atoms with E-state index in [-0.39, 0.29) is 5.82 Å². The van der Waals surface area contributed by atoms with Crippen molar-refractivity contribution in [1.82, 2.24) is 24.8 Å². The van der Waals surface area contributed by atoms with Crippen LogP contribution in [0.5, 0.6) is 0 Å². The third-order valence-corrected chi connectivity index (χ3v) is 7.47. The van der Waals surface area contributed by atoms with E-state index in [4.69, 9.17) is 23.8 Å². The number of amides is 2. The smallest absolute Gasteiger partial charge is 0.320 e. The van der Waals surface area contributed by atoms with E-state index in [9.17, 15) is 19.0 Å². The van der Waals surface area contributed by atoms with E-state index >= 15 is 0 Å². The Hall–Kier alpha value is -3.46. The van der Waals surface area contributed by atoms with Gasteiger partial charge in [-0.15, -0.1) is 0 Å². The normalized spacial score (nSPS) is 25.7. The number of ether oxygens (including phenoxy) is 3. The Morgan fingerprint density at radius 3 is 2.67 bits per heavy atom. The molecule has 0 bridgehead atoms. The number of aliphatic carboxylic acids is 1. The Balaban J connectivity index is 1.41. The van der Waals surface area contributed by atoms with Gasteiger partial charge in [-0.05, 0) is 6.92 Å². The number of carbonyl (C=O) groups excluding carboxylic acids is 1. The molecule has 5 rings (SSSR count). The van der Waals surface area contributed by atoms with E-state index in [1.54, 1.807) is 11.5 Å². The lowest BCUT2D eigenvalue weighted by atomic mass is 10.1. The summed E-state index contributed by atoms with van der Waals surface area (Å²) in [5.41, 5.74) is 1.40. The Labute approximate surface area is 222 Å². The summed E-state index contributed by atoms with van der Waals surface area (Å²) in [4.78, 5) is 47.9. The minimum Gasteiger partial charge on any atom is -0.778 e. The molecule has 2 fully saturated rings. The second-order valence-electron chi connectivity index (χ2n) is 8.81. The number of hydrogen-bond donors (Lipinski definition) is 3. The summed E-state index contributed by atoms with van der Waals surface area (Å²) in [6.45, 7) is 1.79. The van der Waals surface area contributed by atoms with E-state index in [2.05, 4.69) is 25.6 Å².